The first-order valence-electron chi connectivity index (χ1n) is 8.04. The molecule has 0 aliphatic rings. The molecule has 2 rings (SSSR count). The second-order valence-electron chi connectivity index (χ2n) is 6.89. The van der Waals surface area contributed by atoms with Gasteiger partial charge in [0.1, 0.15) is 0 Å². The summed E-state index contributed by atoms with van der Waals surface area (Å²) in [6, 6.07) is 16.8. The van der Waals surface area contributed by atoms with Crippen molar-refractivity contribution < 1.29 is 9.59 Å². The molecule has 0 heterocycles. The molecule has 4 nitrogen and oxygen atoms in total. The molecule has 2 N–H and O–H groups in total. The summed E-state index contributed by atoms with van der Waals surface area (Å²) in [6.45, 7) is 8.22. The lowest BCUT2D eigenvalue weighted by molar-refractivity contribution is -0.136. The monoisotopic (exact) mass is 324 g/mol. The van der Waals surface area contributed by atoms with Crippen molar-refractivity contribution in [3.05, 3.63) is 65.7 Å². The van der Waals surface area contributed by atoms with Crippen LogP contribution < -0.4 is 10.6 Å². The van der Waals surface area contributed by atoms with Crippen molar-refractivity contribution in [3.8, 4) is 0 Å². The highest BCUT2D eigenvalue weighted by molar-refractivity contribution is 6.39. The first kappa shape index (κ1) is 17.7. The molecule has 0 aliphatic heterocycles. The highest BCUT2D eigenvalue weighted by atomic mass is 16.2. The van der Waals surface area contributed by atoms with Gasteiger partial charge in [0.05, 0.1) is 6.04 Å². The second kappa shape index (κ2) is 7.30. The van der Waals surface area contributed by atoms with Gasteiger partial charge in [-0.05, 0) is 35.6 Å². The molecule has 24 heavy (non-hydrogen) atoms. The van der Waals surface area contributed by atoms with E-state index < -0.39 is 11.8 Å². The minimum Gasteiger partial charge on any atom is -0.341 e. The van der Waals surface area contributed by atoms with Crippen LogP contribution in [0.25, 0.3) is 0 Å². The van der Waals surface area contributed by atoms with Gasteiger partial charge in [-0.25, -0.2) is 0 Å². The van der Waals surface area contributed by atoms with E-state index in [1.165, 1.54) is 5.56 Å². The van der Waals surface area contributed by atoms with Crippen molar-refractivity contribution >= 4 is 17.5 Å². The quantitative estimate of drug-likeness (QED) is 0.844. The average Bonchev–Trinajstić information content (AvgIpc) is 2.55. The van der Waals surface area contributed by atoms with Gasteiger partial charge < -0.3 is 10.6 Å². The van der Waals surface area contributed by atoms with Crippen LogP contribution in [0.2, 0.25) is 0 Å². The summed E-state index contributed by atoms with van der Waals surface area (Å²) in [5.74, 6) is -1.31. The van der Waals surface area contributed by atoms with E-state index in [9.17, 15) is 9.59 Å². The Morgan fingerprint density at radius 2 is 1.46 bits per heavy atom. The van der Waals surface area contributed by atoms with Crippen molar-refractivity contribution in [2.45, 2.75) is 39.2 Å². The zero-order valence-corrected chi connectivity index (χ0v) is 14.6. The highest BCUT2D eigenvalue weighted by Gasteiger charge is 2.18. The normalized spacial score (nSPS) is 12.3. The van der Waals surface area contributed by atoms with Gasteiger partial charge in [0.15, 0.2) is 0 Å². The standard InChI is InChI=1S/C20H24N2O2/c1-14(15-8-6-5-7-9-15)21-18(23)19(24)22-17-12-10-16(11-13-17)20(2,3)4/h5-14H,1-4H3,(H,21,23)(H,22,24). The molecule has 0 aliphatic carbocycles. The SMILES string of the molecule is CC(NC(=O)C(=O)Nc1ccc(C(C)(C)C)cc1)c1ccccc1. The molecular weight excluding hydrogens is 300 g/mol. The topological polar surface area (TPSA) is 58.2 Å². The molecular formula is C20H24N2O2. The largest absolute Gasteiger partial charge is 0.341 e. The number of rotatable bonds is 3. The first-order chi connectivity index (χ1) is 11.3. The van der Waals surface area contributed by atoms with E-state index in [-0.39, 0.29) is 11.5 Å². The number of nitrogens with one attached hydrogen (secondary N) is 2. The Morgan fingerprint density at radius 1 is 0.875 bits per heavy atom. The molecule has 0 saturated heterocycles. The molecule has 2 aromatic carbocycles. The molecule has 1 unspecified atom stereocenters. The van der Waals surface area contributed by atoms with E-state index in [2.05, 4.69) is 31.4 Å². The van der Waals surface area contributed by atoms with E-state index in [0.29, 0.717) is 5.69 Å². The zero-order valence-electron chi connectivity index (χ0n) is 14.6. The van der Waals surface area contributed by atoms with E-state index in [4.69, 9.17) is 0 Å². The summed E-state index contributed by atoms with van der Waals surface area (Å²) in [6.07, 6.45) is 0. The molecule has 126 valence electrons. The maximum atomic E-state index is 12.0. The lowest BCUT2D eigenvalue weighted by Crippen LogP contribution is -2.36. The summed E-state index contributed by atoms with van der Waals surface area (Å²) < 4.78 is 0. The Labute approximate surface area is 143 Å². The van der Waals surface area contributed by atoms with Crippen LogP contribution in [-0.2, 0) is 15.0 Å². The molecule has 0 radical (unpaired) electrons. The molecule has 0 saturated carbocycles. The number of amides is 2. The number of benzene rings is 2. The molecule has 2 aromatic rings. The predicted molar refractivity (Wildman–Crippen MR) is 96.8 cm³/mol. The van der Waals surface area contributed by atoms with Crippen LogP contribution in [0.4, 0.5) is 5.69 Å². The number of hydrogen-bond donors (Lipinski definition) is 2. The fourth-order valence-electron chi connectivity index (χ4n) is 2.33. The average molecular weight is 324 g/mol. The van der Waals surface area contributed by atoms with Crippen LogP contribution in [0, 0.1) is 0 Å². The highest BCUT2D eigenvalue weighted by Crippen LogP contribution is 2.23. The summed E-state index contributed by atoms with van der Waals surface area (Å²) in [4.78, 5) is 24.1. The van der Waals surface area contributed by atoms with Crippen LogP contribution in [0.1, 0.15) is 44.9 Å². The maximum Gasteiger partial charge on any atom is 0.313 e. The fourth-order valence-corrected chi connectivity index (χ4v) is 2.33. The molecule has 0 fully saturated rings. The van der Waals surface area contributed by atoms with Crippen molar-refractivity contribution in [1.29, 1.82) is 0 Å². The molecule has 0 spiro atoms. The third-order valence-electron chi connectivity index (χ3n) is 3.86. The van der Waals surface area contributed by atoms with Crippen molar-refractivity contribution in [1.82, 2.24) is 5.32 Å². The maximum absolute atomic E-state index is 12.0. The van der Waals surface area contributed by atoms with Gasteiger partial charge in [-0.2, -0.15) is 0 Å². The van der Waals surface area contributed by atoms with Gasteiger partial charge in [0.2, 0.25) is 0 Å². The van der Waals surface area contributed by atoms with E-state index >= 15 is 0 Å². The van der Waals surface area contributed by atoms with Crippen LogP contribution in [0.3, 0.4) is 0 Å². The van der Waals surface area contributed by atoms with Gasteiger partial charge in [0.25, 0.3) is 0 Å². The first-order valence-corrected chi connectivity index (χ1v) is 8.04. The zero-order chi connectivity index (χ0) is 17.7. The van der Waals surface area contributed by atoms with E-state index in [1.54, 1.807) is 0 Å². The minimum absolute atomic E-state index is 0.0467. The Bertz CT molecular complexity index is 701. The Morgan fingerprint density at radius 3 is 2.00 bits per heavy atom. The predicted octanol–water partition coefficient (Wildman–Crippen LogP) is 3.80. The van der Waals surface area contributed by atoms with Crippen LogP contribution in [0.5, 0.6) is 0 Å². The lowest BCUT2D eigenvalue weighted by Gasteiger charge is -2.19. The van der Waals surface area contributed by atoms with Crippen molar-refractivity contribution in [3.63, 3.8) is 0 Å². The summed E-state index contributed by atoms with van der Waals surface area (Å²) in [5.41, 5.74) is 2.77. The van der Waals surface area contributed by atoms with Crippen LogP contribution >= 0.6 is 0 Å². The van der Waals surface area contributed by atoms with E-state index in [1.807, 2.05) is 61.5 Å². The molecule has 2 amide bonds. The van der Waals surface area contributed by atoms with Gasteiger partial charge in [-0.15, -0.1) is 0 Å². The van der Waals surface area contributed by atoms with Crippen molar-refractivity contribution in [2.24, 2.45) is 0 Å². The molecule has 1 atom stereocenters. The third-order valence-corrected chi connectivity index (χ3v) is 3.86. The van der Waals surface area contributed by atoms with Gasteiger partial charge in [0, 0.05) is 5.69 Å². The molecule has 0 aromatic heterocycles. The van der Waals surface area contributed by atoms with Crippen molar-refractivity contribution in [2.75, 3.05) is 5.32 Å². The van der Waals surface area contributed by atoms with E-state index in [0.717, 1.165) is 5.56 Å². The van der Waals surface area contributed by atoms with Crippen LogP contribution in [-0.4, -0.2) is 11.8 Å². The summed E-state index contributed by atoms with van der Waals surface area (Å²) in [7, 11) is 0. The number of carbonyl (C=O) groups excluding carboxylic acids is 2. The summed E-state index contributed by atoms with van der Waals surface area (Å²) >= 11 is 0. The third kappa shape index (κ3) is 4.69. The van der Waals surface area contributed by atoms with Gasteiger partial charge >= 0.3 is 11.8 Å². The molecule has 4 heteroatoms. The minimum atomic E-state index is -0.665. The van der Waals surface area contributed by atoms with Crippen LogP contribution in [0.15, 0.2) is 54.6 Å². The Balaban J connectivity index is 1.95. The smallest absolute Gasteiger partial charge is 0.313 e. The number of carbonyl (C=O) groups is 2. The fraction of sp³-hybridized carbons (Fsp3) is 0.300. The summed E-state index contributed by atoms with van der Waals surface area (Å²) in [5, 5.41) is 5.33. The lowest BCUT2D eigenvalue weighted by atomic mass is 9.87. The van der Waals surface area contributed by atoms with Gasteiger partial charge in [-0.1, -0.05) is 63.2 Å². The number of hydrogen-bond acceptors (Lipinski definition) is 2. The molecule has 0 bridgehead atoms. The Hall–Kier alpha value is -2.62. The number of anilines is 1. The van der Waals surface area contributed by atoms with Gasteiger partial charge in [-0.3, -0.25) is 9.59 Å². The Kier molecular flexibility index (Phi) is 5.39. The second-order valence-corrected chi connectivity index (χ2v) is 6.89.